The second kappa shape index (κ2) is 6.97. The van der Waals surface area contributed by atoms with E-state index in [9.17, 15) is 4.79 Å². The number of nitrogens with zero attached hydrogens (tertiary/aromatic N) is 2. The number of piperidine rings is 1. The molecule has 1 saturated heterocycles. The number of amides is 1. The second-order valence-corrected chi connectivity index (χ2v) is 5.35. The molecule has 0 spiro atoms. The van der Waals surface area contributed by atoms with E-state index in [0.717, 1.165) is 19.5 Å². The minimum Gasteiger partial charge on any atom is -0.349 e. The van der Waals surface area contributed by atoms with Crippen LogP contribution in [0.4, 0.5) is 0 Å². The average Bonchev–Trinajstić information content (AvgIpc) is 2.29. The highest BCUT2D eigenvalue weighted by molar-refractivity contribution is 5.75. The topological polar surface area (TPSA) is 49.6 Å². The first-order valence-corrected chi connectivity index (χ1v) is 6.72. The van der Waals surface area contributed by atoms with Crippen LogP contribution in [0.3, 0.4) is 0 Å². The Morgan fingerprint density at radius 2 is 2.18 bits per heavy atom. The van der Waals surface area contributed by atoms with Gasteiger partial charge in [-0.2, -0.15) is 0 Å². The van der Waals surface area contributed by atoms with E-state index in [1.54, 1.807) is 4.90 Å². The zero-order chi connectivity index (χ0) is 12.8. The summed E-state index contributed by atoms with van der Waals surface area (Å²) in [4.78, 5) is 15.6. The van der Waals surface area contributed by atoms with Crippen molar-refractivity contribution >= 4 is 5.91 Å². The Hall–Kier alpha value is -0.610. The van der Waals surface area contributed by atoms with E-state index in [2.05, 4.69) is 11.8 Å². The summed E-state index contributed by atoms with van der Waals surface area (Å²) in [6.45, 7) is 4.24. The Morgan fingerprint density at radius 1 is 1.47 bits per heavy atom. The standard InChI is InChI=1S/C13H27N3O/c1-11(14)12-7-4-5-9-16(12)10-6-8-13(17)15(2)3/h11-12H,4-10,14H2,1-3H3. The second-order valence-electron chi connectivity index (χ2n) is 5.35. The molecule has 2 atom stereocenters. The summed E-state index contributed by atoms with van der Waals surface area (Å²) in [5.41, 5.74) is 6.02. The molecule has 1 rings (SSSR count). The minimum absolute atomic E-state index is 0.222. The molecule has 2 N–H and O–H groups in total. The summed E-state index contributed by atoms with van der Waals surface area (Å²) >= 11 is 0. The van der Waals surface area contributed by atoms with Crippen molar-refractivity contribution < 1.29 is 4.79 Å². The number of hydrogen-bond acceptors (Lipinski definition) is 3. The van der Waals surface area contributed by atoms with Crippen molar-refractivity contribution in [2.75, 3.05) is 27.2 Å². The van der Waals surface area contributed by atoms with Crippen molar-refractivity contribution in [2.45, 2.75) is 51.1 Å². The highest BCUT2D eigenvalue weighted by atomic mass is 16.2. The van der Waals surface area contributed by atoms with Crippen molar-refractivity contribution in [2.24, 2.45) is 5.73 Å². The molecule has 4 heteroatoms. The molecular weight excluding hydrogens is 214 g/mol. The van der Waals surface area contributed by atoms with Gasteiger partial charge < -0.3 is 10.6 Å². The fourth-order valence-electron chi connectivity index (χ4n) is 2.55. The predicted molar refractivity (Wildman–Crippen MR) is 70.8 cm³/mol. The summed E-state index contributed by atoms with van der Waals surface area (Å²) in [5.74, 6) is 0.222. The van der Waals surface area contributed by atoms with Crippen molar-refractivity contribution in [3.63, 3.8) is 0 Å². The van der Waals surface area contributed by atoms with Gasteiger partial charge in [-0.05, 0) is 39.3 Å². The largest absolute Gasteiger partial charge is 0.349 e. The van der Waals surface area contributed by atoms with Gasteiger partial charge in [-0.1, -0.05) is 6.42 Å². The smallest absolute Gasteiger partial charge is 0.222 e. The van der Waals surface area contributed by atoms with Gasteiger partial charge in [0.25, 0.3) is 0 Å². The van der Waals surface area contributed by atoms with E-state index in [1.165, 1.54) is 19.3 Å². The van der Waals surface area contributed by atoms with E-state index < -0.39 is 0 Å². The average molecular weight is 241 g/mol. The molecule has 0 bridgehead atoms. The molecule has 2 unspecified atom stereocenters. The van der Waals surface area contributed by atoms with Crippen molar-refractivity contribution in [1.29, 1.82) is 0 Å². The Kier molecular flexibility index (Phi) is 5.92. The van der Waals surface area contributed by atoms with E-state index >= 15 is 0 Å². The predicted octanol–water partition coefficient (Wildman–Crippen LogP) is 1.06. The lowest BCUT2D eigenvalue weighted by Gasteiger charge is -2.38. The quantitative estimate of drug-likeness (QED) is 0.783. The van der Waals surface area contributed by atoms with E-state index in [4.69, 9.17) is 5.73 Å². The number of carbonyl (C=O) groups is 1. The molecule has 1 heterocycles. The molecule has 0 radical (unpaired) electrons. The number of carbonyl (C=O) groups excluding carboxylic acids is 1. The maximum absolute atomic E-state index is 11.5. The molecule has 0 aromatic heterocycles. The van der Waals surface area contributed by atoms with Gasteiger partial charge in [0.05, 0.1) is 0 Å². The first-order valence-electron chi connectivity index (χ1n) is 6.72. The van der Waals surface area contributed by atoms with Gasteiger partial charge in [-0.3, -0.25) is 9.69 Å². The summed E-state index contributed by atoms with van der Waals surface area (Å²) in [6.07, 6.45) is 5.36. The third kappa shape index (κ3) is 4.64. The van der Waals surface area contributed by atoms with Gasteiger partial charge in [-0.25, -0.2) is 0 Å². The number of hydrogen-bond donors (Lipinski definition) is 1. The molecule has 0 aromatic carbocycles. The van der Waals surface area contributed by atoms with Gasteiger partial charge in [0.1, 0.15) is 0 Å². The monoisotopic (exact) mass is 241 g/mol. The maximum atomic E-state index is 11.5. The van der Waals surface area contributed by atoms with Crippen molar-refractivity contribution in [1.82, 2.24) is 9.80 Å². The van der Waals surface area contributed by atoms with E-state index in [0.29, 0.717) is 12.5 Å². The summed E-state index contributed by atoms with van der Waals surface area (Å²) in [6, 6.07) is 0.748. The van der Waals surface area contributed by atoms with Gasteiger partial charge in [-0.15, -0.1) is 0 Å². The van der Waals surface area contributed by atoms with Crippen LogP contribution in [-0.2, 0) is 4.79 Å². The van der Waals surface area contributed by atoms with Crippen LogP contribution < -0.4 is 5.73 Å². The number of likely N-dealkylation sites (tertiary alicyclic amines) is 1. The fourth-order valence-corrected chi connectivity index (χ4v) is 2.55. The minimum atomic E-state index is 0.222. The lowest BCUT2D eigenvalue weighted by Crippen LogP contribution is -2.49. The summed E-state index contributed by atoms with van der Waals surface area (Å²) in [7, 11) is 3.63. The number of rotatable bonds is 5. The molecule has 100 valence electrons. The maximum Gasteiger partial charge on any atom is 0.222 e. The zero-order valence-corrected chi connectivity index (χ0v) is 11.5. The highest BCUT2D eigenvalue weighted by Crippen LogP contribution is 2.19. The Bertz CT molecular complexity index is 241. The molecule has 1 aliphatic rings. The van der Waals surface area contributed by atoms with Gasteiger partial charge in [0.2, 0.25) is 5.91 Å². The van der Waals surface area contributed by atoms with Gasteiger partial charge in [0.15, 0.2) is 0 Å². The molecule has 0 aromatic rings. The van der Waals surface area contributed by atoms with Crippen LogP contribution in [0.5, 0.6) is 0 Å². The Morgan fingerprint density at radius 3 is 2.76 bits per heavy atom. The van der Waals surface area contributed by atoms with Crippen LogP contribution in [0, 0.1) is 0 Å². The van der Waals surface area contributed by atoms with Crippen LogP contribution in [0.2, 0.25) is 0 Å². The van der Waals surface area contributed by atoms with E-state index in [1.807, 2.05) is 14.1 Å². The molecule has 1 fully saturated rings. The lowest BCUT2D eigenvalue weighted by atomic mass is 9.96. The number of nitrogens with two attached hydrogens (primary N) is 1. The first-order chi connectivity index (χ1) is 8.02. The molecular formula is C13H27N3O. The Labute approximate surface area is 105 Å². The fraction of sp³-hybridized carbons (Fsp3) is 0.923. The molecule has 1 amide bonds. The molecule has 4 nitrogen and oxygen atoms in total. The third-order valence-corrected chi connectivity index (χ3v) is 3.61. The van der Waals surface area contributed by atoms with E-state index in [-0.39, 0.29) is 11.9 Å². The normalized spacial score (nSPS) is 23.4. The molecule has 0 saturated carbocycles. The third-order valence-electron chi connectivity index (χ3n) is 3.61. The van der Waals surface area contributed by atoms with Crippen molar-refractivity contribution in [3.05, 3.63) is 0 Å². The SMILES string of the molecule is CC(N)C1CCCCN1CCCC(=O)N(C)C. The van der Waals surface area contributed by atoms with Crippen LogP contribution in [0.1, 0.15) is 39.0 Å². The molecule has 1 aliphatic heterocycles. The molecule has 0 aliphatic carbocycles. The summed E-state index contributed by atoms with van der Waals surface area (Å²) < 4.78 is 0. The van der Waals surface area contributed by atoms with Crippen LogP contribution in [0.25, 0.3) is 0 Å². The van der Waals surface area contributed by atoms with Crippen LogP contribution in [-0.4, -0.2) is 55.0 Å². The highest BCUT2D eigenvalue weighted by Gasteiger charge is 2.24. The van der Waals surface area contributed by atoms with Gasteiger partial charge in [0, 0.05) is 32.6 Å². The van der Waals surface area contributed by atoms with Crippen LogP contribution in [0.15, 0.2) is 0 Å². The van der Waals surface area contributed by atoms with Gasteiger partial charge >= 0.3 is 0 Å². The van der Waals surface area contributed by atoms with Crippen molar-refractivity contribution in [3.8, 4) is 0 Å². The molecule has 17 heavy (non-hydrogen) atoms. The lowest BCUT2D eigenvalue weighted by molar-refractivity contribution is -0.128. The zero-order valence-electron chi connectivity index (χ0n) is 11.5. The Balaban J connectivity index is 2.31. The first kappa shape index (κ1) is 14.5. The summed E-state index contributed by atoms with van der Waals surface area (Å²) in [5, 5.41) is 0. The van der Waals surface area contributed by atoms with Crippen LogP contribution >= 0.6 is 0 Å².